The minimum atomic E-state index is -1.77. The Morgan fingerprint density at radius 3 is 1.74 bits per heavy atom. The van der Waals surface area contributed by atoms with Crippen LogP contribution in [0, 0.1) is 0 Å². The number of amides is 2. The molecule has 0 atom stereocenters. The van der Waals surface area contributed by atoms with Crippen molar-refractivity contribution in [3.8, 4) is 0 Å². The molecule has 0 aliphatic heterocycles. The van der Waals surface area contributed by atoms with Gasteiger partial charge in [-0.1, -0.05) is 42.5 Å². The van der Waals surface area contributed by atoms with Gasteiger partial charge in [0, 0.05) is 28.0 Å². The van der Waals surface area contributed by atoms with E-state index >= 15 is 0 Å². The van der Waals surface area contributed by atoms with Crippen molar-refractivity contribution in [2.24, 2.45) is 0 Å². The molecule has 0 aliphatic rings. The molecule has 0 aliphatic carbocycles. The third-order valence-corrected chi connectivity index (χ3v) is 3.91. The average Bonchev–Trinajstić information content (AvgIpc) is 2.69. The third-order valence-electron chi connectivity index (χ3n) is 3.91. The van der Waals surface area contributed by atoms with Gasteiger partial charge in [-0.05, 0) is 36.4 Å². The van der Waals surface area contributed by atoms with Crippen LogP contribution in [0.25, 0.3) is 0 Å². The molecule has 0 bridgehead atoms. The number of rotatable bonds is 5. The Balaban J connectivity index is 1.84. The predicted molar refractivity (Wildman–Crippen MR) is 105 cm³/mol. The van der Waals surface area contributed by atoms with Crippen LogP contribution in [0.15, 0.2) is 78.9 Å². The first kappa shape index (κ1) is 18.4. The zero-order valence-electron chi connectivity index (χ0n) is 14.3. The standard InChI is InChI=1S/C20H17BN2O4/c24-19(14-7-3-1-4-8-14)22-16-11-12-17(21(26)27)18(13-16)23-20(25)15-9-5-2-6-10-15/h1-13,26-27H,(H,22,24)(H,23,25). The summed E-state index contributed by atoms with van der Waals surface area (Å²) in [6.45, 7) is 0. The van der Waals surface area contributed by atoms with Crippen molar-refractivity contribution in [2.75, 3.05) is 10.6 Å². The Kier molecular flexibility index (Phi) is 5.66. The summed E-state index contributed by atoms with van der Waals surface area (Å²) < 4.78 is 0. The van der Waals surface area contributed by atoms with Crippen LogP contribution in [0.5, 0.6) is 0 Å². The first-order chi connectivity index (χ1) is 13.0. The molecule has 0 saturated carbocycles. The van der Waals surface area contributed by atoms with Crippen LogP contribution in [0.1, 0.15) is 20.7 Å². The molecule has 7 heteroatoms. The second kappa shape index (κ2) is 8.31. The number of hydrogen-bond donors (Lipinski definition) is 4. The number of hydrogen-bond acceptors (Lipinski definition) is 4. The van der Waals surface area contributed by atoms with Crippen molar-refractivity contribution in [3.05, 3.63) is 90.0 Å². The Morgan fingerprint density at radius 2 is 1.22 bits per heavy atom. The summed E-state index contributed by atoms with van der Waals surface area (Å²) in [5.41, 5.74) is 1.64. The summed E-state index contributed by atoms with van der Waals surface area (Å²) >= 11 is 0. The lowest BCUT2D eigenvalue weighted by atomic mass is 9.78. The number of nitrogens with one attached hydrogen (secondary N) is 2. The van der Waals surface area contributed by atoms with E-state index in [1.54, 1.807) is 54.6 Å². The third kappa shape index (κ3) is 4.61. The maximum Gasteiger partial charge on any atom is 0.490 e. The molecule has 3 rings (SSSR count). The maximum atomic E-state index is 12.4. The van der Waals surface area contributed by atoms with Crippen LogP contribution in [0.2, 0.25) is 0 Å². The Bertz CT molecular complexity index is 947. The smallest absolute Gasteiger partial charge is 0.423 e. The molecular weight excluding hydrogens is 343 g/mol. The highest BCUT2D eigenvalue weighted by atomic mass is 16.4. The van der Waals surface area contributed by atoms with Gasteiger partial charge < -0.3 is 20.7 Å². The molecule has 4 N–H and O–H groups in total. The molecular formula is C20H17BN2O4. The van der Waals surface area contributed by atoms with Crippen molar-refractivity contribution in [1.29, 1.82) is 0 Å². The number of anilines is 2. The van der Waals surface area contributed by atoms with E-state index in [1.165, 1.54) is 18.2 Å². The highest BCUT2D eigenvalue weighted by Gasteiger charge is 2.19. The van der Waals surface area contributed by atoms with Crippen molar-refractivity contribution in [3.63, 3.8) is 0 Å². The van der Waals surface area contributed by atoms with Gasteiger partial charge in [0.1, 0.15) is 0 Å². The van der Waals surface area contributed by atoms with Crippen LogP contribution < -0.4 is 16.1 Å². The largest absolute Gasteiger partial charge is 0.490 e. The predicted octanol–water partition coefficient (Wildman–Crippen LogP) is 1.87. The fourth-order valence-corrected chi connectivity index (χ4v) is 2.54. The monoisotopic (exact) mass is 360 g/mol. The summed E-state index contributed by atoms with van der Waals surface area (Å²) in [5.74, 6) is -0.711. The number of carbonyl (C=O) groups is 2. The van der Waals surface area contributed by atoms with Crippen LogP contribution in [-0.4, -0.2) is 29.0 Å². The molecule has 3 aromatic rings. The second-order valence-electron chi connectivity index (χ2n) is 5.82. The SMILES string of the molecule is O=C(Nc1ccc(B(O)O)c(NC(=O)c2ccccc2)c1)c1ccccc1. The highest BCUT2D eigenvalue weighted by Crippen LogP contribution is 2.16. The quantitative estimate of drug-likeness (QED) is 0.522. The number of carbonyl (C=O) groups excluding carboxylic acids is 2. The van der Waals surface area contributed by atoms with E-state index in [0.29, 0.717) is 16.8 Å². The van der Waals surface area contributed by atoms with E-state index in [4.69, 9.17) is 0 Å². The molecule has 2 amide bonds. The summed E-state index contributed by atoms with van der Waals surface area (Å²) in [5, 5.41) is 24.5. The first-order valence-electron chi connectivity index (χ1n) is 8.27. The lowest BCUT2D eigenvalue weighted by molar-refractivity contribution is 0.101. The first-order valence-corrected chi connectivity index (χ1v) is 8.27. The lowest BCUT2D eigenvalue weighted by Crippen LogP contribution is -2.33. The molecule has 0 radical (unpaired) electrons. The van der Waals surface area contributed by atoms with E-state index < -0.39 is 13.0 Å². The fourth-order valence-electron chi connectivity index (χ4n) is 2.54. The van der Waals surface area contributed by atoms with Crippen molar-refractivity contribution in [1.82, 2.24) is 0 Å². The normalized spacial score (nSPS) is 10.1. The van der Waals surface area contributed by atoms with Crippen molar-refractivity contribution >= 4 is 35.8 Å². The molecule has 27 heavy (non-hydrogen) atoms. The van der Waals surface area contributed by atoms with Gasteiger partial charge in [0.15, 0.2) is 0 Å². The highest BCUT2D eigenvalue weighted by molar-refractivity contribution is 6.60. The molecule has 0 aromatic heterocycles. The topological polar surface area (TPSA) is 98.7 Å². The van der Waals surface area contributed by atoms with Gasteiger partial charge in [0.25, 0.3) is 11.8 Å². The molecule has 3 aromatic carbocycles. The Hall–Kier alpha value is -3.42. The fraction of sp³-hybridized carbons (Fsp3) is 0. The van der Waals surface area contributed by atoms with Crippen LogP contribution >= 0.6 is 0 Å². The molecule has 0 fully saturated rings. The van der Waals surface area contributed by atoms with Crippen molar-refractivity contribution in [2.45, 2.75) is 0 Å². The van der Waals surface area contributed by atoms with Gasteiger partial charge in [-0.15, -0.1) is 0 Å². The van der Waals surface area contributed by atoms with Gasteiger partial charge in [0.05, 0.1) is 0 Å². The average molecular weight is 360 g/mol. The van der Waals surface area contributed by atoms with E-state index in [2.05, 4.69) is 10.6 Å². The Morgan fingerprint density at radius 1 is 0.704 bits per heavy atom. The molecule has 0 spiro atoms. The van der Waals surface area contributed by atoms with Crippen LogP contribution in [-0.2, 0) is 0 Å². The molecule has 0 heterocycles. The summed E-state index contributed by atoms with van der Waals surface area (Å²) in [6, 6.07) is 21.7. The summed E-state index contributed by atoms with van der Waals surface area (Å²) in [4.78, 5) is 24.7. The van der Waals surface area contributed by atoms with E-state index in [9.17, 15) is 19.6 Å². The zero-order valence-corrected chi connectivity index (χ0v) is 14.3. The van der Waals surface area contributed by atoms with E-state index in [1.807, 2.05) is 6.07 Å². The lowest BCUT2D eigenvalue weighted by Gasteiger charge is -2.13. The number of benzene rings is 3. The Labute approximate surface area is 156 Å². The van der Waals surface area contributed by atoms with Gasteiger partial charge in [-0.3, -0.25) is 9.59 Å². The van der Waals surface area contributed by atoms with Crippen LogP contribution in [0.3, 0.4) is 0 Å². The van der Waals surface area contributed by atoms with E-state index in [0.717, 1.165) is 0 Å². The molecule has 134 valence electrons. The summed E-state index contributed by atoms with van der Waals surface area (Å²) in [6.07, 6.45) is 0. The minimum Gasteiger partial charge on any atom is -0.423 e. The molecule has 0 unspecified atom stereocenters. The molecule has 6 nitrogen and oxygen atoms in total. The van der Waals surface area contributed by atoms with Gasteiger partial charge in [-0.25, -0.2) is 0 Å². The second-order valence-corrected chi connectivity index (χ2v) is 5.82. The molecule has 0 saturated heterocycles. The maximum absolute atomic E-state index is 12.4. The van der Waals surface area contributed by atoms with Gasteiger partial charge in [-0.2, -0.15) is 0 Å². The van der Waals surface area contributed by atoms with Crippen LogP contribution in [0.4, 0.5) is 11.4 Å². The van der Waals surface area contributed by atoms with Crippen molar-refractivity contribution < 1.29 is 19.6 Å². The zero-order chi connectivity index (χ0) is 19.2. The van der Waals surface area contributed by atoms with Gasteiger partial charge >= 0.3 is 7.12 Å². The van der Waals surface area contributed by atoms with Gasteiger partial charge in [0.2, 0.25) is 0 Å². The van der Waals surface area contributed by atoms with E-state index in [-0.39, 0.29) is 17.1 Å². The minimum absolute atomic E-state index is 0.122. The summed E-state index contributed by atoms with van der Waals surface area (Å²) in [7, 11) is -1.77.